The van der Waals surface area contributed by atoms with E-state index in [1.165, 1.54) is 0 Å². The van der Waals surface area contributed by atoms with E-state index in [9.17, 15) is 5.11 Å². The van der Waals surface area contributed by atoms with Crippen molar-refractivity contribution in [2.45, 2.75) is 33.4 Å². The summed E-state index contributed by atoms with van der Waals surface area (Å²) in [5.74, 6) is 1.51. The molecule has 0 spiro atoms. The summed E-state index contributed by atoms with van der Waals surface area (Å²) in [6.07, 6.45) is 2.03. The molecule has 5 nitrogen and oxygen atoms in total. The van der Waals surface area contributed by atoms with E-state index < -0.39 is 0 Å². The summed E-state index contributed by atoms with van der Waals surface area (Å²) in [5, 5.41) is 17.4. The van der Waals surface area contributed by atoms with E-state index in [0.29, 0.717) is 18.3 Å². The highest BCUT2D eigenvalue weighted by molar-refractivity contribution is 5.85. The van der Waals surface area contributed by atoms with Gasteiger partial charge in [-0.15, -0.1) is 12.4 Å². The molecule has 0 bridgehead atoms. The third kappa shape index (κ3) is 4.04. The number of aromatic nitrogens is 2. The molecule has 2 N–H and O–H groups in total. The molecule has 0 amide bonds. The largest absolute Gasteiger partial charge is 0.504 e. The fraction of sp³-hybridized carbons (Fsp3) is 0.400. The van der Waals surface area contributed by atoms with Crippen molar-refractivity contribution in [3.8, 4) is 11.5 Å². The van der Waals surface area contributed by atoms with Crippen LogP contribution in [-0.4, -0.2) is 22.0 Å². The fourth-order valence-corrected chi connectivity index (χ4v) is 1.94. The highest BCUT2D eigenvalue weighted by Gasteiger charge is 2.08. The predicted molar refractivity (Wildman–Crippen MR) is 86.6 cm³/mol. The molecule has 0 fully saturated rings. The summed E-state index contributed by atoms with van der Waals surface area (Å²) in [7, 11) is 1.54. The minimum Gasteiger partial charge on any atom is -0.504 e. The quantitative estimate of drug-likeness (QED) is 0.887. The van der Waals surface area contributed by atoms with Gasteiger partial charge < -0.3 is 15.2 Å². The molecule has 21 heavy (non-hydrogen) atoms. The van der Waals surface area contributed by atoms with Crippen molar-refractivity contribution in [3.05, 3.63) is 35.5 Å². The molecule has 0 aliphatic carbocycles. The summed E-state index contributed by atoms with van der Waals surface area (Å²) < 4.78 is 7.04. The average Bonchev–Trinajstić information content (AvgIpc) is 2.79. The molecule has 6 heteroatoms. The Morgan fingerprint density at radius 3 is 2.67 bits per heavy atom. The number of methoxy groups -OCH3 is 1. The Morgan fingerprint density at radius 1 is 1.38 bits per heavy atom. The molecule has 116 valence electrons. The van der Waals surface area contributed by atoms with Gasteiger partial charge in [-0.3, -0.25) is 4.68 Å². The van der Waals surface area contributed by atoms with Gasteiger partial charge in [-0.2, -0.15) is 5.10 Å². The van der Waals surface area contributed by atoms with Crippen LogP contribution < -0.4 is 10.1 Å². The van der Waals surface area contributed by atoms with Crippen LogP contribution in [0.1, 0.15) is 31.0 Å². The molecule has 0 saturated heterocycles. The third-order valence-electron chi connectivity index (χ3n) is 3.15. The number of nitrogens with zero attached hydrogens (tertiary/aromatic N) is 2. The lowest BCUT2D eigenvalue weighted by Crippen LogP contribution is -2.04. The van der Waals surface area contributed by atoms with Crippen LogP contribution in [0.2, 0.25) is 0 Å². The van der Waals surface area contributed by atoms with E-state index in [1.807, 2.05) is 29.9 Å². The number of ether oxygens (including phenoxy) is 1. The van der Waals surface area contributed by atoms with E-state index >= 15 is 0 Å². The van der Waals surface area contributed by atoms with Crippen molar-refractivity contribution in [1.29, 1.82) is 0 Å². The van der Waals surface area contributed by atoms with Gasteiger partial charge in [0.1, 0.15) is 0 Å². The molecule has 0 unspecified atom stereocenters. The number of benzene rings is 1. The van der Waals surface area contributed by atoms with E-state index in [0.717, 1.165) is 16.9 Å². The van der Waals surface area contributed by atoms with Gasteiger partial charge in [0, 0.05) is 24.3 Å². The Morgan fingerprint density at radius 2 is 2.10 bits per heavy atom. The molecule has 0 atom stereocenters. The molecule has 1 heterocycles. The van der Waals surface area contributed by atoms with Crippen LogP contribution in [0.3, 0.4) is 0 Å². The molecule has 0 aliphatic heterocycles. The van der Waals surface area contributed by atoms with Gasteiger partial charge in [0.2, 0.25) is 0 Å². The van der Waals surface area contributed by atoms with Crippen LogP contribution in [0.5, 0.6) is 11.5 Å². The normalized spacial score (nSPS) is 10.3. The number of phenolic OH excluding ortho intramolecular Hbond substituents is 1. The average molecular weight is 312 g/mol. The molecule has 1 aromatic heterocycles. The molecule has 0 aliphatic rings. The second-order valence-corrected chi connectivity index (χ2v) is 5.09. The number of anilines is 1. The monoisotopic (exact) mass is 311 g/mol. The SMILES string of the molecule is COc1cc(CNc2nn(C(C)C)cc2C)ccc1O.Cl. The Bertz CT molecular complexity index is 597. The zero-order valence-electron chi connectivity index (χ0n) is 12.8. The maximum atomic E-state index is 9.57. The zero-order valence-corrected chi connectivity index (χ0v) is 13.6. The maximum absolute atomic E-state index is 9.57. The summed E-state index contributed by atoms with van der Waals surface area (Å²) in [5.41, 5.74) is 2.14. The Kier molecular flexibility index (Phi) is 5.90. The van der Waals surface area contributed by atoms with E-state index in [-0.39, 0.29) is 18.2 Å². The van der Waals surface area contributed by atoms with E-state index in [1.54, 1.807) is 13.2 Å². The van der Waals surface area contributed by atoms with Crippen molar-refractivity contribution >= 4 is 18.2 Å². The summed E-state index contributed by atoms with van der Waals surface area (Å²) in [6, 6.07) is 5.66. The number of hydrogen-bond acceptors (Lipinski definition) is 4. The van der Waals surface area contributed by atoms with Crippen LogP contribution in [0.25, 0.3) is 0 Å². The van der Waals surface area contributed by atoms with Crippen LogP contribution in [0.15, 0.2) is 24.4 Å². The lowest BCUT2D eigenvalue weighted by molar-refractivity contribution is 0.373. The number of rotatable bonds is 5. The van der Waals surface area contributed by atoms with Gasteiger partial charge in [0.05, 0.1) is 7.11 Å². The highest BCUT2D eigenvalue weighted by atomic mass is 35.5. The topological polar surface area (TPSA) is 59.3 Å². The minimum atomic E-state index is 0. The Hall–Kier alpha value is -1.88. The zero-order chi connectivity index (χ0) is 14.7. The van der Waals surface area contributed by atoms with Gasteiger partial charge in [0.25, 0.3) is 0 Å². The molecule has 1 aromatic carbocycles. The first kappa shape index (κ1) is 17.2. The van der Waals surface area contributed by atoms with Crippen LogP contribution in [0.4, 0.5) is 5.82 Å². The van der Waals surface area contributed by atoms with Gasteiger partial charge in [0.15, 0.2) is 17.3 Å². The second kappa shape index (κ2) is 7.22. The van der Waals surface area contributed by atoms with E-state index in [2.05, 4.69) is 24.3 Å². The number of aromatic hydroxyl groups is 1. The molecule has 2 rings (SSSR count). The van der Waals surface area contributed by atoms with Crippen molar-refractivity contribution in [2.24, 2.45) is 0 Å². The van der Waals surface area contributed by atoms with Crippen LogP contribution >= 0.6 is 12.4 Å². The summed E-state index contributed by atoms with van der Waals surface area (Å²) in [4.78, 5) is 0. The van der Waals surface area contributed by atoms with Gasteiger partial charge in [-0.05, 0) is 38.5 Å². The maximum Gasteiger partial charge on any atom is 0.160 e. The standard InChI is InChI=1S/C15H21N3O2.ClH/c1-10(2)18-9-11(3)15(17-18)16-8-12-5-6-13(19)14(7-12)20-4;/h5-7,9-10,19H,8H2,1-4H3,(H,16,17);1H. The van der Waals surface area contributed by atoms with Gasteiger partial charge >= 0.3 is 0 Å². The van der Waals surface area contributed by atoms with Crippen molar-refractivity contribution in [3.63, 3.8) is 0 Å². The van der Waals surface area contributed by atoms with Crippen LogP contribution in [-0.2, 0) is 6.54 Å². The van der Waals surface area contributed by atoms with Crippen molar-refractivity contribution in [1.82, 2.24) is 9.78 Å². The van der Waals surface area contributed by atoms with Crippen molar-refractivity contribution in [2.75, 3.05) is 12.4 Å². The number of hydrogen-bond donors (Lipinski definition) is 2. The first-order chi connectivity index (χ1) is 9.51. The third-order valence-corrected chi connectivity index (χ3v) is 3.15. The predicted octanol–water partition coefficient (Wildman–Crippen LogP) is 3.52. The molecular formula is C15H22ClN3O2. The number of nitrogens with one attached hydrogen (secondary N) is 1. The summed E-state index contributed by atoms with van der Waals surface area (Å²) in [6.45, 7) is 6.86. The lowest BCUT2D eigenvalue weighted by Gasteiger charge is -2.08. The smallest absolute Gasteiger partial charge is 0.160 e. The molecule has 0 radical (unpaired) electrons. The first-order valence-electron chi connectivity index (χ1n) is 6.66. The highest BCUT2D eigenvalue weighted by Crippen LogP contribution is 2.26. The lowest BCUT2D eigenvalue weighted by atomic mass is 10.2. The van der Waals surface area contributed by atoms with Gasteiger partial charge in [-0.1, -0.05) is 6.07 Å². The number of halogens is 1. The molecule has 0 saturated carbocycles. The number of aryl methyl sites for hydroxylation is 1. The first-order valence-corrected chi connectivity index (χ1v) is 6.66. The fourth-order valence-electron chi connectivity index (χ4n) is 1.94. The van der Waals surface area contributed by atoms with Crippen LogP contribution in [0, 0.1) is 6.92 Å². The Labute approximate surface area is 131 Å². The summed E-state index contributed by atoms with van der Waals surface area (Å²) >= 11 is 0. The second-order valence-electron chi connectivity index (χ2n) is 5.09. The van der Waals surface area contributed by atoms with Gasteiger partial charge in [-0.25, -0.2) is 0 Å². The van der Waals surface area contributed by atoms with E-state index in [4.69, 9.17) is 4.74 Å². The van der Waals surface area contributed by atoms with Crippen molar-refractivity contribution < 1.29 is 9.84 Å². The Balaban J connectivity index is 0.00000220. The molecule has 2 aromatic rings. The number of phenols is 1. The molecular weight excluding hydrogens is 290 g/mol. The minimum absolute atomic E-state index is 0.